The third-order valence-electron chi connectivity index (χ3n) is 26.2. The summed E-state index contributed by atoms with van der Waals surface area (Å²) < 4.78 is 11.1. The van der Waals surface area contributed by atoms with E-state index in [9.17, 15) is 28.8 Å². The zero-order chi connectivity index (χ0) is 90.2. The molecule has 26 nitrogen and oxygen atoms in total. The van der Waals surface area contributed by atoms with Gasteiger partial charge in [-0.1, -0.05) is 224 Å². The van der Waals surface area contributed by atoms with E-state index in [1.54, 1.807) is 7.11 Å². The van der Waals surface area contributed by atoms with Crippen LogP contribution in [-0.2, 0) is 24.0 Å². The van der Waals surface area contributed by atoms with Crippen molar-refractivity contribution >= 4 is 64.1 Å². The molecule has 7 fully saturated rings. The topological polar surface area (TPSA) is 396 Å². The van der Waals surface area contributed by atoms with Crippen molar-refractivity contribution in [2.75, 3.05) is 92.3 Å². The molecule has 7 aliphatic rings. The lowest BCUT2D eigenvalue weighted by atomic mass is 9.51. The van der Waals surface area contributed by atoms with Crippen LogP contribution in [0.25, 0.3) is 10.8 Å². The average Bonchev–Trinajstić information content (AvgIpc) is 1.08. The van der Waals surface area contributed by atoms with Gasteiger partial charge in [-0.2, -0.15) is 0 Å². The molecule has 16 rings (SSSR count). The Kier molecular flexibility index (Phi) is 34.9. The van der Waals surface area contributed by atoms with Gasteiger partial charge >= 0.3 is 0 Å². The van der Waals surface area contributed by atoms with Crippen LogP contribution in [0.5, 0.6) is 11.5 Å². The van der Waals surface area contributed by atoms with Gasteiger partial charge in [0.25, 0.3) is 11.8 Å². The summed E-state index contributed by atoms with van der Waals surface area (Å²) in [5, 5.41) is 22.1. The minimum Gasteiger partial charge on any atom is -0.496 e. The lowest BCUT2D eigenvalue weighted by molar-refractivity contribution is -0.138. The third kappa shape index (κ3) is 27.5. The van der Waals surface area contributed by atoms with Crippen LogP contribution in [0, 0.1) is 29.6 Å². The molecule has 4 saturated carbocycles. The second-order valence-corrected chi connectivity index (χ2v) is 35.2. The number of fused-ring (bicyclic) bond motifs is 1. The second-order valence-electron chi connectivity index (χ2n) is 35.2. The Morgan fingerprint density at radius 3 is 1.07 bits per heavy atom. The highest BCUT2D eigenvalue weighted by Crippen LogP contribution is 2.56. The number of benzene rings is 9. The summed E-state index contributed by atoms with van der Waals surface area (Å²) in [6.07, 6.45) is 12.3. The van der Waals surface area contributed by atoms with Gasteiger partial charge in [0.2, 0.25) is 23.6 Å². The zero-order valence-corrected chi connectivity index (χ0v) is 74.3. The summed E-state index contributed by atoms with van der Waals surface area (Å²) >= 11 is 0. The molecular weight excluding hydrogens is 1620 g/mol. The van der Waals surface area contributed by atoms with Gasteiger partial charge < -0.3 is 90.5 Å². The molecule has 3 heterocycles. The van der Waals surface area contributed by atoms with Crippen molar-refractivity contribution in [3.63, 3.8) is 0 Å². The number of methoxy groups -OCH3 is 1. The smallest absolute Gasteiger partial charge is 0.257 e. The van der Waals surface area contributed by atoms with Crippen LogP contribution in [0.15, 0.2) is 264 Å². The van der Waals surface area contributed by atoms with Crippen molar-refractivity contribution in [1.82, 2.24) is 46.6 Å². The monoisotopic (exact) mass is 1750 g/mol. The Morgan fingerprint density at radius 1 is 0.411 bits per heavy atom. The molecule has 3 aliphatic heterocycles. The predicted octanol–water partition coefficient (Wildman–Crippen LogP) is 10.3. The van der Waals surface area contributed by atoms with E-state index >= 15 is 0 Å². The minimum absolute atomic E-state index is 0.0229. The number of carbonyl (C=O) groups excluding carboxylic acids is 6. The Morgan fingerprint density at radius 2 is 0.729 bits per heavy atom. The van der Waals surface area contributed by atoms with Crippen LogP contribution in [0.2, 0.25) is 0 Å². The number of ether oxygens (including phenoxy) is 2. The summed E-state index contributed by atoms with van der Waals surface area (Å²) in [5.41, 5.74) is 40.6. The van der Waals surface area contributed by atoms with Gasteiger partial charge in [0, 0.05) is 120 Å². The lowest BCUT2D eigenvalue weighted by Crippen LogP contribution is -2.53. The van der Waals surface area contributed by atoms with Crippen molar-refractivity contribution in [1.29, 1.82) is 0 Å². The van der Waals surface area contributed by atoms with E-state index in [1.165, 1.54) is 43.2 Å². The summed E-state index contributed by atoms with van der Waals surface area (Å²) in [7, 11) is 1.57. The number of aliphatic imine (C=N–C) groups is 3. The first-order valence-electron chi connectivity index (χ1n) is 46.0. The molecule has 9 aromatic rings. The number of hydrogen-bond donors (Lipinski definition) is 12. The first kappa shape index (κ1) is 94.0. The number of guanidine groups is 3. The summed E-state index contributed by atoms with van der Waals surface area (Å²) in [4.78, 5) is 99.7. The average molecular weight is 1750 g/mol. The van der Waals surface area contributed by atoms with Crippen LogP contribution < -0.4 is 75.8 Å². The van der Waals surface area contributed by atoms with E-state index < -0.39 is 12.1 Å². The second kappa shape index (κ2) is 48.0. The summed E-state index contributed by atoms with van der Waals surface area (Å²) in [5.74, 6) is 4.45. The summed E-state index contributed by atoms with van der Waals surface area (Å²) in [6, 6.07) is 81.5. The van der Waals surface area contributed by atoms with Gasteiger partial charge in [0.05, 0.1) is 30.8 Å². The van der Waals surface area contributed by atoms with E-state index in [2.05, 4.69) is 144 Å². The fourth-order valence-corrected chi connectivity index (χ4v) is 19.9. The molecule has 6 amide bonds. The van der Waals surface area contributed by atoms with Crippen LogP contribution in [0.3, 0.4) is 0 Å². The molecule has 3 saturated heterocycles. The number of carbonyl (C=O) groups is 6. The van der Waals surface area contributed by atoms with Crippen LogP contribution in [-0.4, -0.2) is 197 Å². The largest absolute Gasteiger partial charge is 0.496 e. The number of nitrogens with two attached hydrogens (primary N) is 6. The van der Waals surface area contributed by atoms with Gasteiger partial charge in [0.15, 0.2) is 24.5 Å². The number of para-hydroxylation sites is 1. The van der Waals surface area contributed by atoms with Gasteiger partial charge in [-0.25, -0.2) is 0 Å². The molecule has 680 valence electrons. The first-order chi connectivity index (χ1) is 62.9. The lowest BCUT2D eigenvalue weighted by Gasteiger charge is -2.53. The Hall–Kier alpha value is -12.7. The zero-order valence-electron chi connectivity index (χ0n) is 74.3. The van der Waals surface area contributed by atoms with Crippen LogP contribution in [0.1, 0.15) is 151 Å². The van der Waals surface area contributed by atoms with Gasteiger partial charge in [-0.3, -0.25) is 43.7 Å². The molecule has 4 aliphatic carbocycles. The molecular formula is C103H130N18O8. The van der Waals surface area contributed by atoms with E-state index in [4.69, 9.17) is 43.9 Å². The molecule has 0 spiro atoms. The van der Waals surface area contributed by atoms with Crippen molar-refractivity contribution in [2.45, 2.75) is 144 Å². The van der Waals surface area contributed by atoms with E-state index in [0.29, 0.717) is 159 Å². The third-order valence-corrected chi connectivity index (χ3v) is 26.2. The SMILES string of the molecule is COc1cc2ccccc2cc1C(=O)NC[C@@H]1CCN(CC(c2ccccc2)c2ccccc2)C(=O)[C@H](CCCN=C(N)N)N1.NC(N)=NCCC[C@@H]1N[C@H](CNC(=O)C2C3CC4CC(C3)CC2C4)CCN(CC(c2ccccc2)c2ccccc2)C1=O.NC(N)=NCCC[C@@H]1N[C@H](CNC(=O)COc2ccccc2)CCN(CC(c2ccccc2)c2ccccc2)C1=O. The molecule has 18 N–H and O–H groups in total. The Bertz CT molecular complexity index is 4980. The maximum atomic E-state index is 14.1. The highest BCUT2D eigenvalue weighted by molar-refractivity contribution is 6.01. The molecule has 26 heteroatoms. The Labute approximate surface area is 759 Å². The maximum absolute atomic E-state index is 14.1. The standard InChI is InChI=1S/C36H42N6O3.C35H48N6O2.C32H40N6O3/c1-45-33-22-28-16-9-8-15-27(28)21-30(33)34(43)40-23-29-18-20-42(35(44)32(41-29)17-10-19-39-36(37)38)24-31(25-11-4-2-5-12-25)26-13-6-3-7-14-26;36-35(37)38-14-7-12-31-34(43)41(22-30(25-8-3-1-4-9-25)26-10-5-2-6-11-26)15-13-29(40-31)21-39-33(42)32-27-17-23-16-24(19-27)20-28(32)18-23;33-32(34)35-19-10-17-29-31(40)38(22-28(24-11-4-1-5-12-24)25-13-6-2-7-14-25)20-18-26(37-29)21-36-30(39)23-41-27-15-8-3-9-16-27/h2-9,11-16,21-22,29,31-32,41H,10,17-20,23-24H2,1H3,(H,40,43)(H4,37,38,39);1-6,8-11,23-24,27-32,40H,7,12-22H2,(H,39,42)(H4,36,37,38);1-9,11-16,26,28-29,37H,10,17-23H2,(H,36,39)(H4,33,34,35)/t29-,32-;23?,24?,27?,28?,29-,31-,32?;26-,29-/m000/s1. The molecule has 129 heavy (non-hydrogen) atoms. The number of hydrogen-bond acceptors (Lipinski definition) is 14. The van der Waals surface area contributed by atoms with E-state index in [0.717, 1.165) is 51.3 Å². The van der Waals surface area contributed by atoms with Crippen LogP contribution in [0.4, 0.5) is 0 Å². The first-order valence-corrected chi connectivity index (χ1v) is 46.0. The number of rotatable bonds is 36. The van der Waals surface area contributed by atoms with Gasteiger partial charge in [-0.05, 0) is 182 Å². The summed E-state index contributed by atoms with van der Waals surface area (Å²) in [6.45, 7) is 6.10. The van der Waals surface area contributed by atoms with Crippen molar-refractivity contribution in [3.05, 3.63) is 288 Å². The number of nitrogens with one attached hydrogen (secondary N) is 6. The molecule has 9 aromatic carbocycles. The molecule has 4 bridgehead atoms. The predicted molar refractivity (Wildman–Crippen MR) is 511 cm³/mol. The molecule has 0 unspecified atom stereocenters. The van der Waals surface area contributed by atoms with E-state index in [1.807, 2.05) is 166 Å². The molecule has 0 radical (unpaired) electrons. The fourth-order valence-electron chi connectivity index (χ4n) is 19.9. The normalized spacial score (nSPS) is 21.2. The highest BCUT2D eigenvalue weighted by atomic mass is 16.5. The maximum Gasteiger partial charge on any atom is 0.257 e. The van der Waals surface area contributed by atoms with Crippen molar-refractivity contribution in [2.24, 2.45) is 79.0 Å². The highest BCUT2D eigenvalue weighted by Gasteiger charge is 2.51. The Balaban J connectivity index is 0.000000165. The fraction of sp³-hybridized carbons (Fsp3) is 0.408. The van der Waals surface area contributed by atoms with Crippen molar-refractivity contribution < 1.29 is 38.2 Å². The number of nitrogens with zero attached hydrogens (tertiary/aromatic N) is 6. The van der Waals surface area contributed by atoms with Crippen LogP contribution >= 0.6 is 0 Å². The van der Waals surface area contributed by atoms with E-state index in [-0.39, 0.29) is 108 Å². The van der Waals surface area contributed by atoms with Gasteiger partial charge in [-0.15, -0.1) is 0 Å². The van der Waals surface area contributed by atoms with Gasteiger partial charge in [0.1, 0.15) is 11.5 Å². The molecule has 0 aromatic heterocycles. The van der Waals surface area contributed by atoms with Crippen molar-refractivity contribution in [3.8, 4) is 11.5 Å². The molecule has 6 atom stereocenters. The number of amides is 6. The quantitative estimate of drug-likeness (QED) is 0.00986. The minimum atomic E-state index is -0.439.